The molecular formula is C17H17ClN2O3. The van der Waals surface area contributed by atoms with Crippen molar-refractivity contribution in [1.29, 1.82) is 0 Å². The molecule has 0 spiro atoms. The molecule has 2 aromatic rings. The minimum absolute atomic E-state index is 0.234. The maximum Gasteiger partial charge on any atom is 0.261 e. The predicted molar refractivity (Wildman–Crippen MR) is 88.3 cm³/mol. The second-order valence-corrected chi connectivity index (χ2v) is 5.34. The summed E-state index contributed by atoms with van der Waals surface area (Å²) < 4.78 is 5.54. The molecule has 0 saturated carbocycles. The minimum Gasteiger partial charge on any atom is -0.480 e. The van der Waals surface area contributed by atoms with E-state index in [0.29, 0.717) is 11.6 Å². The lowest BCUT2D eigenvalue weighted by Crippen LogP contribution is -2.36. The molecule has 6 heteroatoms. The Bertz CT molecular complexity index is 718. The molecule has 0 radical (unpaired) electrons. The van der Waals surface area contributed by atoms with Crippen LogP contribution >= 0.6 is 11.6 Å². The predicted octanol–water partition coefficient (Wildman–Crippen LogP) is 2.52. The first-order valence-electron chi connectivity index (χ1n) is 7.05. The summed E-state index contributed by atoms with van der Waals surface area (Å²) in [5.74, 6) is -0.645. The van der Waals surface area contributed by atoms with E-state index in [1.54, 1.807) is 37.3 Å². The highest BCUT2D eigenvalue weighted by Gasteiger charge is 2.17. The molecule has 0 saturated heterocycles. The van der Waals surface area contributed by atoms with Gasteiger partial charge in [-0.2, -0.15) is 0 Å². The maximum atomic E-state index is 12.1. The first-order valence-corrected chi connectivity index (χ1v) is 7.43. The number of amides is 2. The van der Waals surface area contributed by atoms with Gasteiger partial charge in [0.1, 0.15) is 5.75 Å². The fraction of sp³-hybridized carbons (Fsp3) is 0.176. The molecule has 0 aromatic heterocycles. The number of primary amides is 1. The van der Waals surface area contributed by atoms with Gasteiger partial charge < -0.3 is 15.8 Å². The summed E-state index contributed by atoms with van der Waals surface area (Å²) in [7, 11) is 0. The Labute approximate surface area is 139 Å². The standard InChI is InChI=1S/C17H17ClN2O3/c1-11(23-15-9-5-3-7-13(15)16(19)21)17(22)20-10-12-6-2-4-8-14(12)18/h2-9,11H,10H2,1H3,(H2,19,21)(H,20,22). The van der Waals surface area contributed by atoms with Gasteiger partial charge in [0.25, 0.3) is 11.8 Å². The maximum absolute atomic E-state index is 12.1. The van der Waals surface area contributed by atoms with Crippen LogP contribution in [0.5, 0.6) is 5.75 Å². The summed E-state index contributed by atoms with van der Waals surface area (Å²) in [5, 5.41) is 3.33. The van der Waals surface area contributed by atoms with E-state index in [1.807, 2.05) is 18.2 Å². The zero-order valence-electron chi connectivity index (χ0n) is 12.6. The Kier molecular flexibility index (Phi) is 5.60. The molecule has 0 heterocycles. The van der Waals surface area contributed by atoms with Crippen molar-refractivity contribution in [1.82, 2.24) is 5.32 Å². The van der Waals surface area contributed by atoms with E-state index in [2.05, 4.69) is 5.32 Å². The number of halogens is 1. The van der Waals surface area contributed by atoms with Gasteiger partial charge in [-0.1, -0.05) is 41.9 Å². The van der Waals surface area contributed by atoms with Crippen LogP contribution in [0.4, 0.5) is 0 Å². The zero-order chi connectivity index (χ0) is 16.8. The average Bonchev–Trinajstić information content (AvgIpc) is 2.54. The Balaban J connectivity index is 1.98. The third-order valence-electron chi connectivity index (χ3n) is 3.24. The number of benzene rings is 2. The van der Waals surface area contributed by atoms with Gasteiger partial charge in [0.2, 0.25) is 0 Å². The zero-order valence-corrected chi connectivity index (χ0v) is 13.3. The van der Waals surface area contributed by atoms with Crippen molar-refractivity contribution in [3.05, 3.63) is 64.7 Å². The summed E-state index contributed by atoms with van der Waals surface area (Å²) in [6, 6.07) is 13.8. The molecule has 2 aromatic carbocycles. The van der Waals surface area contributed by atoms with Crippen molar-refractivity contribution in [3.8, 4) is 5.75 Å². The van der Waals surface area contributed by atoms with Crippen molar-refractivity contribution in [3.63, 3.8) is 0 Å². The molecule has 1 atom stereocenters. The molecular weight excluding hydrogens is 316 g/mol. The molecule has 1 unspecified atom stereocenters. The average molecular weight is 333 g/mol. The number of carbonyl (C=O) groups is 2. The molecule has 0 aliphatic heterocycles. The van der Waals surface area contributed by atoms with E-state index < -0.39 is 12.0 Å². The van der Waals surface area contributed by atoms with Crippen LogP contribution in [-0.2, 0) is 11.3 Å². The van der Waals surface area contributed by atoms with Gasteiger partial charge in [-0.15, -0.1) is 0 Å². The monoisotopic (exact) mass is 332 g/mol. The highest BCUT2D eigenvalue weighted by Crippen LogP contribution is 2.19. The number of nitrogens with one attached hydrogen (secondary N) is 1. The van der Waals surface area contributed by atoms with E-state index in [9.17, 15) is 9.59 Å². The van der Waals surface area contributed by atoms with Crippen molar-refractivity contribution >= 4 is 23.4 Å². The largest absolute Gasteiger partial charge is 0.480 e. The molecule has 0 aliphatic carbocycles. The van der Waals surface area contributed by atoms with Crippen LogP contribution in [-0.4, -0.2) is 17.9 Å². The van der Waals surface area contributed by atoms with Crippen molar-refractivity contribution in [2.45, 2.75) is 19.6 Å². The molecule has 23 heavy (non-hydrogen) atoms. The fourth-order valence-electron chi connectivity index (χ4n) is 1.98. The Morgan fingerprint density at radius 2 is 1.83 bits per heavy atom. The summed E-state index contributed by atoms with van der Waals surface area (Å²) in [5.41, 5.74) is 6.33. The van der Waals surface area contributed by atoms with Gasteiger partial charge in [0.05, 0.1) is 5.56 Å². The van der Waals surface area contributed by atoms with E-state index >= 15 is 0 Å². The second-order valence-electron chi connectivity index (χ2n) is 4.93. The quantitative estimate of drug-likeness (QED) is 0.852. The van der Waals surface area contributed by atoms with Crippen molar-refractivity contribution < 1.29 is 14.3 Å². The second kappa shape index (κ2) is 7.65. The normalized spacial score (nSPS) is 11.6. The van der Waals surface area contributed by atoms with E-state index in [-0.39, 0.29) is 17.2 Å². The minimum atomic E-state index is -0.780. The smallest absolute Gasteiger partial charge is 0.261 e. The fourth-order valence-corrected chi connectivity index (χ4v) is 2.19. The molecule has 2 amide bonds. The van der Waals surface area contributed by atoms with Crippen LogP contribution in [0.15, 0.2) is 48.5 Å². The van der Waals surface area contributed by atoms with E-state index in [0.717, 1.165) is 5.56 Å². The molecule has 2 rings (SSSR count). The highest BCUT2D eigenvalue weighted by molar-refractivity contribution is 6.31. The number of carbonyl (C=O) groups excluding carboxylic acids is 2. The Hall–Kier alpha value is -2.53. The van der Waals surface area contributed by atoms with Gasteiger partial charge >= 0.3 is 0 Å². The lowest BCUT2D eigenvalue weighted by molar-refractivity contribution is -0.127. The molecule has 0 bridgehead atoms. The summed E-state index contributed by atoms with van der Waals surface area (Å²) >= 11 is 6.04. The molecule has 3 N–H and O–H groups in total. The first-order chi connectivity index (χ1) is 11.0. The number of hydrogen-bond acceptors (Lipinski definition) is 3. The van der Waals surface area contributed by atoms with Crippen LogP contribution in [0.25, 0.3) is 0 Å². The third kappa shape index (κ3) is 4.47. The molecule has 120 valence electrons. The van der Waals surface area contributed by atoms with Gasteiger partial charge in [-0.05, 0) is 30.7 Å². The van der Waals surface area contributed by atoms with Crippen molar-refractivity contribution in [2.24, 2.45) is 5.73 Å². The van der Waals surface area contributed by atoms with Crippen LogP contribution in [0.2, 0.25) is 5.02 Å². The summed E-state index contributed by atoms with van der Waals surface area (Å²) in [4.78, 5) is 23.5. The summed E-state index contributed by atoms with van der Waals surface area (Å²) in [6.07, 6.45) is -0.780. The highest BCUT2D eigenvalue weighted by atomic mass is 35.5. The lowest BCUT2D eigenvalue weighted by Gasteiger charge is -2.16. The van der Waals surface area contributed by atoms with E-state index in [4.69, 9.17) is 22.1 Å². The Morgan fingerprint density at radius 3 is 2.52 bits per heavy atom. The van der Waals surface area contributed by atoms with E-state index in [1.165, 1.54) is 0 Å². The first kappa shape index (κ1) is 16.8. The SMILES string of the molecule is CC(Oc1ccccc1C(N)=O)C(=O)NCc1ccccc1Cl. The van der Waals surface area contributed by atoms with Gasteiger partial charge in [-0.25, -0.2) is 0 Å². The number of hydrogen-bond donors (Lipinski definition) is 2. The number of rotatable bonds is 6. The van der Waals surface area contributed by atoms with Crippen LogP contribution in [0.3, 0.4) is 0 Å². The van der Waals surface area contributed by atoms with Crippen LogP contribution in [0, 0.1) is 0 Å². The number of para-hydroxylation sites is 1. The summed E-state index contributed by atoms with van der Waals surface area (Å²) in [6.45, 7) is 1.89. The molecule has 5 nitrogen and oxygen atoms in total. The molecule has 0 fully saturated rings. The molecule has 0 aliphatic rings. The van der Waals surface area contributed by atoms with Crippen LogP contribution < -0.4 is 15.8 Å². The van der Waals surface area contributed by atoms with Gasteiger partial charge in [0.15, 0.2) is 6.10 Å². The number of ether oxygens (including phenoxy) is 1. The number of nitrogens with two attached hydrogens (primary N) is 1. The Morgan fingerprint density at radius 1 is 1.17 bits per heavy atom. The van der Waals surface area contributed by atoms with Gasteiger partial charge in [-0.3, -0.25) is 9.59 Å². The van der Waals surface area contributed by atoms with Crippen molar-refractivity contribution in [2.75, 3.05) is 0 Å². The topological polar surface area (TPSA) is 81.4 Å². The van der Waals surface area contributed by atoms with Gasteiger partial charge in [0, 0.05) is 11.6 Å². The van der Waals surface area contributed by atoms with Crippen LogP contribution in [0.1, 0.15) is 22.8 Å². The lowest BCUT2D eigenvalue weighted by atomic mass is 10.2. The third-order valence-corrected chi connectivity index (χ3v) is 3.61.